The van der Waals surface area contributed by atoms with Gasteiger partial charge in [0.05, 0.1) is 23.7 Å². The van der Waals surface area contributed by atoms with Crippen LogP contribution in [0.3, 0.4) is 0 Å². The zero-order valence-electron chi connectivity index (χ0n) is 16.3. The molecule has 2 fully saturated rings. The second-order valence-corrected chi connectivity index (χ2v) is 9.22. The average Bonchev–Trinajstić information content (AvgIpc) is 2.68. The van der Waals surface area contributed by atoms with E-state index >= 15 is 0 Å². The van der Waals surface area contributed by atoms with E-state index in [1.807, 2.05) is 0 Å². The van der Waals surface area contributed by atoms with E-state index in [1.165, 1.54) is 20.2 Å². The Morgan fingerprint density at radius 3 is 2.46 bits per heavy atom. The standard InChI is InChI=1S/C18H28N4O4S.ClH/c1-21(2)27(24,25)15-3-4-17(22-9-11-26-12-10-22)16(13-15)18(23)20-14-5-7-19-8-6-14;/h3-4,13-14,19H,5-12H2,1-2H3,(H,20,23);1H. The number of nitrogens with one attached hydrogen (secondary N) is 2. The number of anilines is 1. The fourth-order valence-corrected chi connectivity index (χ4v) is 4.31. The van der Waals surface area contributed by atoms with E-state index < -0.39 is 10.0 Å². The van der Waals surface area contributed by atoms with Crippen LogP contribution >= 0.6 is 12.4 Å². The summed E-state index contributed by atoms with van der Waals surface area (Å²) in [6.07, 6.45) is 1.74. The normalized spacial score (nSPS) is 18.6. The molecule has 2 N–H and O–H groups in total. The van der Waals surface area contributed by atoms with E-state index in [9.17, 15) is 13.2 Å². The number of carbonyl (C=O) groups excluding carboxylic acids is 1. The molecule has 0 radical (unpaired) electrons. The Bertz CT molecular complexity index is 776. The molecule has 2 saturated heterocycles. The van der Waals surface area contributed by atoms with Crippen LogP contribution in [0.5, 0.6) is 0 Å². The summed E-state index contributed by atoms with van der Waals surface area (Å²) in [4.78, 5) is 15.2. The van der Waals surface area contributed by atoms with Crippen LogP contribution in [0.15, 0.2) is 23.1 Å². The van der Waals surface area contributed by atoms with Crippen molar-refractivity contribution < 1.29 is 17.9 Å². The van der Waals surface area contributed by atoms with Gasteiger partial charge in [0.15, 0.2) is 0 Å². The zero-order chi connectivity index (χ0) is 19.4. The number of benzene rings is 1. The maximum Gasteiger partial charge on any atom is 0.253 e. The highest BCUT2D eigenvalue weighted by molar-refractivity contribution is 7.89. The van der Waals surface area contributed by atoms with Gasteiger partial charge in [-0.25, -0.2) is 12.7 Å². The SMILES string of the molecule is CN(C)S(=O)(=O)c1ccc(N2CCOCC2)c(C(=O)NC2CCNCC2)c1.Cl. The van der Waals surface area contributed by atoms with Crippen molar-refractivity contribution in [1.29, 1.82) is 0 Å². The van der Waals surface area contributed by atoms with Crippen LogP contribution in [0, 0.1) is 0 Å². The molecule has 158 valence electrons. The number of hydrogen-bond donors (Lipinski definition) is 2. The number of sulfonamides is 1. The first-order valence-corrected chi connectivity index (χ1v) is 10.7. The number of amides is 1. The van der Waals surface area contributed by atoms with E-state index in [1.54, 1.807) is 12.1 Å². The maximum atomic E-state index is 13.0. The van der Waals surface area contributed by atoms with Crippen molar-refractivity contribution in [2.45, 2.75) is 23.8 Å². The number of carbonyl (C=O) groups is 1. The number of morpholine rings is 1. The number of nitrogens with zero attached hydrogens (tertiary/aromatic N) is 2. The van der Waals surface area contributed by atoms with E-state index in [4.69, 9.17) is 4.74 Å². The minimum absolute atomic E-state index is 0. The second-order valence-electron chi connectivity index (χ2n) is 7.06. The maximum absolute atomic E-state index is 13.0. The van der Waals surface area contributed by atoms with Crippen LogP contribution in [-0.4, -0.2) is 78.2 Å². The topological polar surface area (TPSA) is 91.0 Å². The molecule has 2 aliphatic rings. The van der Waals surface area contributed by atoms with Crippen LogP contribution < -0.4 is 15.5 Å². The van der Waals surface area contributed by atoms with Crippen molar-refractivity contribution in [3.63, 3.8) is 0 Å². The molecule has 2 heterocycles. The monoisotopic (exact) mass is 432 g/mol. The molecule has 0 bridgehead atoms. The summed E-state index contributed by atoms with van der Waals surface area (Å²) in [5, 5.41) is 6.35. The van der Waals surface area contributed by atoms with Gasteiger partial charge in [-0.1, -0.05) is 0 Å². The molecule has 0 saturated carbocycles. The number of halogens is 1. The molecular weight excluding hydrogens is 404 g/mol. The van der Waals surface area contributed by atoms with Crippen LogP contribution in [-0.2, 0) is 14.8 Å². The van der Waals surface area contributed by atoms with Gasteiger partial charge in [0, 0.05) is 38.9 Å². The van der Waals surface area contributed by atoms with Gasteiger partial charge >= 0.3 is 0 Å². The first-order chi connectivity index (χ1) is 12.9. The minimum Gasteiger partial charge on any atom is -0.378 e. The second kappa shape index (κ2) is 9.89. The fourth-order valence-electron chi connectivity index (χ4n) is 3.38. The predicted molar refractivity (Wildman–Crippen MR) is 111 cm³/mol. The van der Waals surface area contributed by atoms with Crippen molar-refractivity contribution in [2.75, 3.05) is 58.4 Å². The quantitative estimate of drug-likeness (QED) is 0.711. The van der Waals surface area contributed by atoms with Gasteiger partial charge in [-0.3, -0.25) is 4.79 Å². The Hall–Kier alpha value is -1.39. The van der Waals surface area contributed by atoms with Crippen molar-refractivity contribution in [1.82, 2.24) is 14.9 Å². The number of hydrogen-bond acceptors (Lipinski definition) is 6. The third kappa shape index (κ3) is 5.15. The Morgan fingerprint density at radius 1 is 1.21 bits per heavy atom. The van der Waals surface area contributed by atoms with E-state index in [0.717, 1.165) is 35.9 Å². The van der Waals surface area contributed by atoms with Gasteiger partial charge < -0.3 is 20.3 Å². The van der Waals surface area contributed by atoms with Gasteiger partial charge in [-0.15, -0.1) is 12.4 Å². The van der Waals surface area contributed by atoms with Crippen LogP contribution in [0.25, 0.3) is 0 Å². The summed E-state index contributed by atoms with van der Waals surface area (Å²) in [7, 11) is -0.641. The molecule has 0 spiro atoms. The van der Waals surface area contributed by atoms with Crippen molar-refractivity contribution in [2.24, 2.45) is 0 Å². The molecule has 0 unspecified atom stereocenters. The lowest BCUT2D eigenvalue weighted by Crippen LogP contribution is -2.43. The predicted octanol–water partition coefficient (Wildman–Crippen LogP) is 0.677. The molecular formula is C18H29ClN4O4S. The lowest BCUT2D eigenvalue weighted by atomic mass is 10.1. The van der Waals surface area contributed by atoms with Gasteiger partial charge in [0.25, 0.3) is 5.91 Å². The van der Waals surface area contributed by atoms with E-state index in [-0.39, 0.29) is 29.3 Å². The van der Waals surface area contributed by atoms with Gasteiger partial charge in [-0.05, 0) is 44.1 Å². The molecule has 8 nitrogen and oxygen atoms in total. The minimum atomic E-state index is -3.61. The molecule has 2 aliphatic heterocycles. The molecule has 10 heteroatoms. The number of rotatable bonds is 5. The zero-order valence-corrected chi connectivity index (χ0v) is 17.9. The molecule has 0 aromatic heterocycles. The summed E-state index contributed by atoms with van der Waals surface area (Å²) in [5.41, 5.74) is 1.15. The van der Waals surface area contributed by atoms with E-state index in [2.05, 4.69) is 15.5 Å². The first-order valence-electron chi connectivity index (χ1n) is 9.30. The van der Waals surface area contributed by atoms with Crippen LogP contribution in [0.4, 0.5) is 5.69 Å². The molecule has 0 aliphatic carbocycles. The van der Waals surface area contributed by atoms with Crippen molar-refractivity contribution in [3.05, 3.63) is 23.8 Å². The van der Waals surface area contributed by atoms with Gasteiger partial charge in [-0.2, -0.15) is 0 Å². The van der Waals surface area contributed by atoms with Crippen LogP contribution in [0.2, 0.25) is 0 Å². The Morgan fingerprint density at radius 2 is 1.86 bits per heavy atom. The lowest BCUT2D eigenvalue weighted by molar-refractivity contribution is 0.0928. The van der Waals surface area contributed by atoms with Crippen molar-refractivity contribution in [3.8, 4) is 0 Å². The molecule has 28 heavy (non-hydrogen) atoms. The molecule has 1 aromatic rings. The molecule has 1 aromatic carbocycles. The summed E-state index contributed by atoms with van der Waals surface area (Å²) in [5.74, 6) is -0.223. The highest BCUT2D eigenvalue weighted by Crippen LogP contribution is 2.26. The molecule has 0 atom stereocenters. The third-order valence-corrected chi connectivity index (χ3v) is 6.83. The highest BCUT2D eigenvalue weighted by atomic mass is 35.5. The molecule has 3 rings (SSSR count). The number of ether oxygens (including phenoxy) is 1. The third-order valence-electron chi connectivity index (χ3n) is 5.02. The average molecular weight is 433 g/mol. The van der Waals surface area contributed by atoms with Gasteiger partial charge in [0.2, 0.25) is 10.0 Å². The highest BCUT2D eigenvalue weighted by Gasteiger charge is 2.25. The number of piperidine rings is 1. The van der Waals surface area contributed by atoms with E-state index in [0.29, 0.717) is 31.9 Å². The molecule has 1 amide bonds. The Labute approximate surface area is 173 Å². The van der Waals surface area contributed by atoms with Crippen molar-refractivity contribution >= 4 is 34.0 Å². The Balaban J connectivity index is 0.00000280. The lowest BCUT2D eigenvalue weighted by Gasteiger charge is -2.31. The van der Waals surface area contributed by atoms with Crippen LogP contribution in [0.1, 0.15) is 23.2 Å². The van der Waals surface area contributed by atoms with Gasteiger partial charge in [0.1, 0.15) is 0 Å². The first kappa shape index (κ1) is 22.9. The Kier molecular flexibility index (Phi) is 8.08. The summed E-state index contributed by atoms with van der Waals surface area (Å²) < 4.78 is 31.6. The summed E-state index contributed by atoms with van der Waals surface area (Å²) in [6.45, 7) is 4.27. The largest absolute Gasteiger partial charge is 0.378 e. The summed E-state index contributed by atoms with van der Waals surface area (Å²) in [6, 6.07) is 4.90. The fraction of sp³-hybridized carbons (Fsp3) is 0.611. The smallest absolute Gasteiger partial charge is 0.253 e. The summed E-state index contributed by atoms with van der Waals surface area (Å²) >= 11 is 0.